The normalized spacial score (nSPS) is 17.0. The van der Waals surface area contributed by atoms with Crippen LogP contribution in [-0.2, 0) is 4.79 Å². The number of aromatic nitrogens is 3. The maximum atomic E-state index is 12.7. The van der Waals surface area contributed by atoms with Gasteiger partial charge >= 0.3 is 0 Å². The molecule has 1 aromatic carbocycles. The molecule has 1 aliphatic rings. The minimum atomic E-state index is -0.00198. The molecule has 0 saturated carbocycles. The maximum Gasteiger partial charge on any atom is 0.223 e. The Balaban J connectivity index is 1.38. The molecule has 3 heterocycles. The number of halogens is 1. The Morgan fingerprint density at radius 2 is 1.89 bits per heavy atom. The van der Waals surface area contributed by atoms with Crippen molar-refractivity contribution in [2.45, 2.75) is 31.6 Å². The Morgan fingerprint density at radius 1 is 1.07 bits per heavy atom. The molecule has 4 rings (SSSR count). The van der Waals surface area contributed by atoms with E-state index in [1.165, 1.54) is 0 Å². The van der Waals surface area contributed by atoms with Crippen molar-refractivity contribution in [2.75, 3.05) is 13.1 Å². The molecule has 1 atom stereocenters. The number of fused-ring (bicyclic) bond motifs is 1. The average Bonchev–Trinajstić information content (AvgIpc) is 3.16. The third-order valence-corrected chi connectivity index (χ3v) is 5.74. The van der Waals surface area contributed by atoms with Gasteiger partial charge in [0.2, 0.25) is 5.91 Å². The first-order chi connectivity index (χ1) is 13.6. The monoisotopic (exact) mass is 440 g/mol. The highest BCUT2D eigenvalue weighted by Crippen LogP contribution is 2.26. The first-order valence-electron chi connectivity index (χ1n) is 9.48. The van der Waals surface area contributed by atoms with Crippen LogP contribution in [0, 0.1) is 0 Å². The molecule has 0 radical (unpaired) electrons. The number of hydrogen-bond acceptors (Lipinski definition) is 4. The van der Waals surface area contributed by atoms with E-state index in [0.717, 1.165) is 35.3 Å². The van der Waals surface area contributed by atoms with Crippen LogP contribution in [0.5, 0.6) is 0 Å². The molecule has 0 unspecified atom stereocenters. The number of pyridine rings is 1. The highest BCUT2D eigenvalue weighted by atomic mass is 79.9. The minimum Gasteiger partial charge on any atom is -0.342 e. The molecule has 7 heteroatoms. The summed E-state index contributed by atoms with van der Waals surface area (Å²) in [5, 5.41) is 8.58. The van der Waals surface area contributed by atoms with Crippen molar-refractivity contribution in [1.82, 2.24) is 19.5 Å². The lowest BCUT2D eigenvalue weighted by atomic mass is 9.96. The van der Waals surface area contributed by atoms with Gasteiger partial charge < -0.3 is 4.90 Å². The van der Waals surface area contributed by atoms with Gasteiger partial charge in [-0.25, -0.2) is 0 Å². The van der Waals surface area contributed by atoms with Crippen LogP contribution in [0.15, 0.2) is 53.1 Å². The van der Waals surface area contributed by atoms with Crippen molar-refractivity contribution in [1.29, 1.82) is 0 Å². The summed E-state index contributed by atoms with van der Waals surface area (Å²) in [6, 6.07) is 13.1. The highest BCUT2D eigenvalue weighted by Gasteiger charge is 2.28. The molecule has 0 N–H and O–H groups in total. The average molecular weight is 441 g/mol. The Hall–Kier alpha value is -2.54. The maximum absolute atomic E-state index is 12.7. The topological polar surface area (TPSA) is 67.6 Å². The van der Waals surface area contributed by atoms with E-state index in [2.05, 4.69) is 26.1 Å². The standard InChI is InChI=1S/C21H21BrN4O2/c22-17-8-6-15(7-9-17)18(27)10-11-20(28)25-12-3-4-16(14-25)21-24-23-19-5-1-2-13-26(19)21/h1-2,5-9,13,16H,3-4,10-12,14H2/t16-/m0/s1. The van der Waals surface area contributed by atoms with Gasteiger partial charge in [0.15, 0.2) is 11.4 Å². The fourth-order valence-corrected chi connectivity index (χ4v) is 3.98. The third-order valence-electron chi connectivity index (χ3n) is 5.21. The number of likely N-dealkylation sites (tertiary alicyclic amines) is 1. The molecule has 1 saturated heterocycles. The number of carbonyl (C=O) groups is 2. The molecule has 2 aromatic heterocycles. The molecule has 6 nitrogen and oxygen atoms in total. The molecule has 28 heavy (non-hydrogen) atoms. The summed E-state index contributed by atoms with van der Waals surface area (Å²) in [7, 11) is 0. The predicted octanol–water partition coefficient (Wildman–Crippen LogP) is 3.86. The first kappa shape index (κ1) is 18.8. The Bertz CT molecular complexity index is 999. The summed E-state index contributed by atoms with van der Waals surface area (Å²) < 4.78 is 2.93. The van der Waals surface area contributed by atoms with Crippen LogP contribution in [0.1, 0.15) is 47.8 Å². The van der Waals surface area contributed by atoms with E-state index in [-0.39, 0.29) is 30.4 Å². The smallest absolute Gasteiger partial charge is 0.223 e. The number of hydrogen-bond donors (Lipinski definition) is 0. The Labute approximate surface area is 171 Å². The molecule has 1 aliphatic heterocycles. The van der Waals surface area contributed by atoms with E-state index >= 15 is 0 Å². The number of nitrogens with zero attached hydrogens (tertiary/aromatic N) is 4. The zero-order valence-electron chi connectivity index (χ0n) is 15.4. The van der Waals surface area contributed by atoms with Gasteiger partial charge in [0.1, 0.15) is 5.82 Å². The summed E-state index contributed by atoms with van der Waals surface area (Å²) >= 11 is 3.36. The lowest BCUT2D eigenvalue weighted by Gasteiger charge is -2.32. The number of Topliss-reactive ketones (excluding diaryl/α,β-unsaturated/α-hetero) is 1. The summed E-state index contributed by atoms with van der Waals surface area (Å²) in [6.07, 6.45) is 4.34. The second kappa shape index (κ2) is 8.22. The summed E-state index contributed by atoms with van der Waals surface area (Å²) in [6.45, 7) is 1.36. The van der Waals surface area contributed by atoms with Gasteiger partial charge in [-0.3, -0.25) is 14.0 Å². The van der Waals surface area contributed by atoms with Crippen LogP contribution in [-0.4, -0.2) is 44.3 Å². The molecule has 0 spiro atoms. The van der Waals surface area contributed by atoms with Gasteiger partial charge in [-0.1, -0.05) is 34.1 Å². The zero-order chi connectivity index (χ0) is 19.5. The number of piperidine rings is 1. The van der Waals surface area contributed by atoms with Crippen molar-refractivity contribution in [3.05, 3.63) is 64.5 Å². The summed E-state index contributed by atoms with van der Waals surface area (Å²) in [5.74, 6) is 1.10. The van der Waals surface area contributed by atoms with Gasteiger partial charge in [0.25, 0.3) is 0 Å². The fraction of sp³-hybridized carbons (Fsp3) is 0.333. The molecule has 144 valence electrons. The van der Waals surface area contributed by atoms with Crippen LogP contribution < -0.4 is 0 Å². The zero-order valence-corrected chi connectivity index (χ0v) is 17.0. The minimum absolute atomic E-state index is 0.00198. The van der Waals surface area contributed by atoms with Gasteiger partial charge in [0, 0.05) is 48.1 Å². The van der Waals surface area contributed by atoms with Crippen molar-refractivity contribution in [3.8, 4) is 0 Å². The molecule has 0 aliphatic carbocycles. The predicted molar refractivity (Wildman–Crippen MR) is 109 cm³/mol. The fourth-order valence-electron chi connectivity index (χ4n) is 3.71. The number of carbonyl (C=O) groups excluding carboxylic acids is 2. The van der Waals surface area contributed by atoms with Gasteiger partial charge in [-0.2, -0.15) is 0 Å². The summed E-state index contributed by atoms with van der Waals surface area (Å²) in [5.41, 5.74) is 1.46. The lowest BCUT2D eigenvalue weighted by Crippen LogP contribution is -2.39. The number of ketones is 1. The van der Waals surface area contributed by atoms with Crippen molar-refractivity contribution in [2.24, 2.45) is 0 Å². The second-order valence-corrected chi connectivity index (χ2v) is 8.01. The van der Waals surface area contributed by atoms with E-state index in [0.29, 0.717) is 12.1 Å². The Kier molecular flexibility index (Phi) is 5.52. The third kappa shape index (κ3) is 3.99. The molecule has 3 aromatic rings. The second-order valence-electron chi connectivity index (χ2n) is 7.10. The van der Waals surface area contributed by atoms with Crippen LogP contribution >= 0.6 is 15.9 Å². The number of rotatable bonds is 5. The van der Waals surface area contributed by atoms with Crippen molar-refractivity contribution in [3.63, 3.8) is 0 Å². The Morgan fingerprint density at radius 3 is 2.71 bits per heavy atom. The van der Waals surface area contributed by atoms with Crippen LogP contribution in [0.3, 0.4) is 0 Å². The molecule has 0 bridgehead atoms. The van der Waals surface area contributed by atoms with E-state index in [9.17, 15) is 9.59 Å². The van der Waals surface area contributed by atoms with Gasteiger partial charge in [-0.15, -0.1) is 10.2 Å². The first-order valence-corrected chi connectivity index (χ1v) is 10.3. The van der Waals surface area contributed by atoms with E-state index < -0.39 is 0 Å². The molecular formula is C21H21BrN4O2. The van der Waals surface area contributed by atoms with Crippen LogP contribution in [0.4, 0.5) is 0 Å². The molecule has 1 fully saturated rings. The van der Waals surface area contributed by atoms with E-state index in [1.807, 2.05) is 45.8 Å². The van der Waals surface area contributed by atoms with E-state index in [4.69, 9.17) is 0 Å². The molecular weight excluding hydrogens is 420 g/mol. The quantitative estimate of drug-likeness (QED) is 0.564. The van der Waals surface area contributed by atoms with Crippen LogP contribution in [0.2, 0.25) is 0 Å². The highest BCUT2D eigenvalue weighted by molar-refractivity contribution is 9.10. The van der Waals surface area contributed by atoms with Crippen LogP contribution in [0.25, 0.3) is 5.65 Å². The van der Waals surface area contributed by atoms with Crippen molar-refractivity contribution >= 4 is 33.3 Å². The van der Waals surface area contributed by atoms with Gasteiger partial charge in [-0.05, 0) is 37.1 Å². The van der Waals surface area contributed by atoms with Crippen molar-refractivity contribution < 1.29 is 9.59 Å². The number of amides is 1. The lowest BCUT2D eigenvalue weighted by molar-refractivity contribution is -0.132. The number of benzene rings is 1. The van der Waals surface area contributed by atoms with Gasteiger partial charge in [0.05, 0.1) is 0 Å². The SMILES string of the molecule is O=C(CCC(=O)N1CCC[C@H](c2nnc3ccccn23)C1)c1ccc(Br)cc1. The van der Waals surface area contributed by atoms with E-state index in [1.54, 1.807) is 12.1 Å². The summed E-state index contributed by atoms with van der Waals surface area (Å²) in [4.78, 5) is 26.9. The largest absolute Gasteiger partial charge is 0.342 e. The molecule has 1 amide bonds.